The van der Waals surface area contributed by atoms with Gasteiger partial charge in [-0.25, -0.2) is 15.0 Å². The van der Waals surface area contributed by atoms with Crippen LogP contribution in [0.15, 0.2) is 66.7 Å². The topological polar surface area (TPSA) is 48.5 Å². The van der Waals surface area contributed by atoms with Crippen LogP contribution in [0.2, 0.25) is 0 Å². The number of imidazole rings is 2. The summed E-state index contributed by atoms with van der Waals surface area (Å²) in [5, 5.41) is 0. The van der Waals surface area contributed by atoms with Crippen LogP contribution >= 0.6 is 0 Å². The number of hydrogen-bond donors (Lipinski definition) is 0. The van der Waals surface area contributed by atoms with E-state index < -0.39 is 0 Å². The van der Waals surface area contributed by atoms with Gasteiger partial charge in [0.25, 0.3) is 0 Å². The van der Waals surface area contributed by atoms with Crippen molar-refractivity contribution in [1.82, 2.24) is 24.1 Å². The van der Waals surface area contributed by atoms with E-state index >= 15 is 0 Å². The number of rotatable bonds is 4. The molecule has 0 N–H and O–H groups in total. The summed E-state index contributed by atoms with van der Waals surface area (Å²) >= 11 is 0. The number of fused-ring (bicyclic) bond motifs is 2. The molecule has 9 heteroatoms. The Kier molecular flexibility index (Phi) is 12.3. The standard InChI is InChI=1S/C31H33N5.3ClH.Nd/c1-3-12-22(13-4-1)35-28-20-9-7-16-24(28)33-30(35)26-18-11-19-27(32-26)31-34-25-17-8-10-21-29(25)36(31)23-14-5-2-6-15-23;;;;/h7-11,16-23H,1-6,12-15H2;3*1H;/q;;;;+3/p-3. The molecule has 0 amide bonds. The number of benzene rings is 2. The van der Waals surface area contributed by atoms with E-state index in [-0.39, 0.29) is 78.1 Å². The van der Waals surface area contributed by atoms with Gasteiger partial charge in [0, 0.05) is 12.1 Å². The SMILES string of the molecule is [Cl-].[Cl-].[Cl-].[Nd+3].c1cc(-c2nc3ccccc3n2C2CCCCC2)nc(-c2nc3ccccc3n2C2CCCCC2)c1. The molecule has 2 fully saturated rings. The minimum absolute atomic E-state index is 0. The Labute approximate surface area is 287 Å². The Morgan fingerprint density at radius 1 is 0.475 bits per heavy atom. The van der Waals surface area contributed by atoms with Crippen LogP contribution in [0, 0.1) is 40.8 Å². The molecule has 0 aliphatic heterocycles. The van der Waals surface area contributed by atoms with Crippen LogP contribution in [-0.2, 0) is 0 Å². The third kappa shape index (κ3) is 6.24. The molecule has 5 aromatic rings. The average Bonchev–Trinajstić information content (AvgIpc) is 3.53. The normalized spacial score (nSPS) is 16.0. The quantitative estimate of drug-likeness (QED) is 0.243. The zero-order valence-electron chi connectivity index (χ0n) is 22.4. The van der Waals surface area contributed by atoms with Crippen LogP contribution in [0.25, 0.3) is 45.1 Å². The summed E-state index contributed by atoms with van der Waals surface area (Å²) < 4.78 is 4.95. The Morgan fingerprint density at radius 3 is 1.30 bits per heavy atom. The molecule has 1 radical (unpaired) electrons. The third-order valence-corrected chi connectivity index (χ3v) is 8.28. The van der Waals surface area contributed by atoms with Crippen LogP contribution in [-0.4, -0.2) is 24.1 Å². The van der Waals surface area contributed by atoms with Gasteiger partial charge in [0.1, 0.15) is 11.4 Å². The molecule has 2 aliphatic rings. The van der Waals surface area contributed by atoms with E-state index in [4.69, 9.17) is 15.0 Å². The fraction of sp³-hybridized carbons (Fsp3) is 0.387. The van der Waals surface area contributed by atoms with Gasteiger partial charge >= 0.3 is 40.8 Å². The van der Waals surface area contributed by atoms with Crippen molar-refractivity contribution in [3.05, 3.63) is 66.7 Å². The summed E-state index contributed by atoms with van der Waals surface area (Å²) in [6.07, 6.45) is 12.7. The maximum absolute atomic E-state index is 5.25. The second kappa shape index (κ2) is 14.8. The van der Waals surface area contributed by atoms with E-state index in [1.54, 1.807) is 0 Å². The Morgan fingerprint density at radius 2 is 0.875 bits per heavy atom. The fourth-order valence-electron chi connectivity index (χ4n) is 6.55. The van der Waals surface area contributed by atoms with E-state index in [0.717, 1.165) is 34.1 Å². The molecule has 0 spiro atoms. The molecule has 0 bridgehead atoms. The first-order valence-corrected chi connectivity index (χ1v) is 13.8. The maximum Gasteiger partial charge on any atom is 3.00 e. The van der Waals surface area contributed by atoms with Gasteiger partial charge in [-0.05, 0) is 62.1 Å². The van der Waals surface area contributed by atoms with E-state index in [2.05, 4.69) is 75.9 Å². The molecule has 2 aromatic carbocycles. The molecule has 2 saturated carbocycles. The van der Waals surface area contributed by atoms with Crippen molar-refractivity contribution in [2.75, 3.05) is 0 Å². The summed E-state index contributed by atoms with van der Waals surface area (Å²) in [6.45, 7) is 0. The van der Waals surface area contributed by atoms with E-state index in [9.17, 15) is 0 Å². The number of para-hydroxylation sites is 4. The fourth-order valence-corrected chi connectivity index (χ4v) is 6.55. The number of pyridine rings is 1. The minimum Gasteiger partial charge on any atom is -1.00 e. The molecule has 7 rings (SSSR count). The zero-order valence-corrected chi connectivity index (χ0v) is 27.9. The number of nitrogens with zero attached hydrogens (tertiary/aromatic N) is 5. The van der Waals surface area contributed by atoms with Crippen molar-refractivity contribution >= 4 is 22.1 Å². The van der Waals surface area contributed by atoms with Crippen LogP contribution in [0.4, 0.5) is 0 Å². The van der Waals surface area contributed by atoms with Gasteiger partial charge in [0.15, 0.2) is 11.6 Å². The Balaban J connectivity index is 0.00000110. The van der Waals surface area contributed by atoms with Crippen molar-refractivity contribution in [1.29, 1.82) is 0 Å². The molecule has 3 aromatic heterocycles. The molecule has 0 atom stereocenters. The van der Waals surface area contributed by atoms with Crippen LogP contribution in [0.5, 0.6) is 0 Å². The van der Waals surface area contributed by atoms with Gasteiger partial charge in [-0.15, -0.1) is 0 Å². The van der Waals surface area contributed by atoms with Crippen molar-refractivity contribution < 1.29 is 78.1 Å². The molecule has 2 aliphatic carbocycles. The second-order valence-electron chi connectivity index (χ2n) is 10.6. The van der Waals surface area contributed by atoms with E-state index in [1.807, 2.05) is 0 Å². The molecule has 3 heterocycles. The summed E-state index contributed by atoms with van der Waals surface area (Å²) in [5.74, 6) is 1.98. The monoisotopic (exact) mass is 722 g/mol. The molecule has 207 valence electrons. The summed E-state index contributed by atoms with van der Waals surface area (Å²) in [5.41, 5.74) is 6.44. The minimum atomic E-state index is 0. The Hall–Kier alpha value is -1.25. The predicted octanol–water partition coefficient (Wildman–Crippen LogP) is -0.863. The molecule has 40 heavy (non-hydrogen) atoms. The van der Waals surface area contributed by atoms with Crippen molar-refractivity contribution in [2.45, 2.75) is 76.3 Å². The molecular weight excluding hydrogens is 693 g/mol. The summed E-state index contributed by atoms with van der Waals surface area (Å²) in [7, 11) is 0. The zero-order chi connectivity index (χ0) is 23.9. The van der Waals surface area contributed by atoms with Gasteiger partial charge < -0.3 is 46.4 Å². The van der Waals surface area contributed by atoms with Crippen molar-refractivity contribution in [2.24, 2.45) is 0 Å². The second-order valence-corrected chi connectivity index (χ2v) is 10.6. The van der Waals surface area contributed by atoms with Crippen LogP contribution in [0.3, 0.4) is 0 Å². The Bertz CT molecular complexity index is 1430. The van der Waals surface area contributed by atoms with Gasteiger partial charge in [-0.1, -0.05) is 68.9 Å². The number of halogens is 3. The first kappa shape index (κ1) is 33.3. The molecule has 0 unspecified atom stereocenters. The maximum atomic E-state index is 5.25. The first-order valence-electron chi connectivity index (χ1n) is 13.8. The van der Waals surface area contributed by atoms with Gasteiger partial charge in [0.2, 0.25) is 0 Å². The van der Waals surface area contributed by atoms with Crippen molar-refractivity contribution in [3.63, 3.8) is 0 Å². The largest absolute Gasteiger partial charge is 3.00 e. The van der Waals surface area contributed by atoms with Gasteiger partial charge in [-0.2, -0.15) is 0 Å². The van der Waals surface area contributed by atoms with Crippen LogP contribution < -0.4 is 37.2 Å². The molecule has 0 saturated heterocycles. The van der Waals surface area contributed by atoms with Gasteiger partial charge in [-0.3, -0.25) is 0 Å². The van der Waals surface area contributed by atoms with Crippen molar-refractivity contribution in [3.8, 4) is 23.0 Å². The summed E-state index contributed by atoms with van der Waals surface area (Å²) in [4.78, 5) is 15.5. The average molecular weight is 726 g/mol. The number of hydrogen-bond acceptors (Lipinski definition) is 3. The van der Waals surface area contributed by atoms with Gasteiger partial charge in [0.05, 0.1) is 22.1 Å². The summed E-state index contributed by atoms with van der Waals surface area (Å²) in [6, 6.07) is 24.5. The predicted molar refractivity (Wildman–Crippen MR) is 146 cm³/mol. The molecule has 5 nitrogen and oxygen atoms in total. The molecular formula is C31H33Cl3N5Nd. The third-order valence-electron chi connectivity index (χ3n) is 8.28. The number of aromatic nitrogens is 5. The first-order chi connectivity index (χ1) is 17.9. The van der Waals surface area contributed by atoms with E-state index in [1.165, 1.54) is 75.2 Å². The van der Waals surface area contributed by atoms with Crippen LogP contribution in [0.1, 0.15) is 76.3 Å². The smallest absolute Gasteiger partial charge is 1.00 e. The van der Waals surface area contributed by atoms with E-state index in [0.29, 0.717) is 12.1 Å².